The molecular formula is C18H24N2O4. The number of hydrogen-bond acceptors (Lipinski definition) is 4. The molecule has 6 nitrogen and oxygen atoms in total. The predicted octanol–water partition coefficient (Wildman–Crippen LogP) is 2.53. The van der Waals surface area contributed by atoms with Crippen molar-refractivity contribution in [1.82, 2.24) is 10.6 Å². The van der Waals surface area contributed by atoms with Crippen LogP contribution >= 0.6 is 0 Å². The highest BCUT2D eigenvalue weighted by Crippen LogP contribution is 2.28. The first-order valence-corrected chi connectivity index (χ1v) is 8.40. The van der Waals surface area contributed by atoms with E-state index in [1.807, 2.05) is 30.3 Å². The van der Waals surface area contributed by atoms with Gasteiger partial charge in [0.15, 0.2) is 6.61 Å². The van der Waals surface area contributed by atoms with Crippen molar-refractivity contribution in [2.45, 2.75) is 45.1 Å². The fraction of sp³-hybridized carbons (Fsp3) is 0.500. The Bertz CT molecular complexity index is 553. The van der Waals surface area contributed by atoms with E-state index in [9.17, 15) is 14.4 Å². The molecule has 1 aromatic rings. The summed E-state index contributed by atoms with van der Waals surface area (Å²) in [4.78, 5) is 34.8. The molecule has 1 fully saturated rings. The van der Waals surface area contributed by atoms with Gasteiger partial charge in [-0.25, -0.2) is 4.79 Å². The highest BCUT2D eigenvalue weighted by molar-refractivity contribution is 5.95. The van der Waals surface area contributed by atoms with Crippen LogP contribution in [0.3, 0.4) is 0 Å². The van der Waals surface area contributed by atoms with E-state index in [1.54, 1.807) is 0 Å². The van der Waals surface area contributed by atoms with Gasteiger partial charge in [0.2, 0.25) is 0 Å². The van der Waals surface area contributed by atoms with Crippen molar-refractivity contribution < 1.29 is 19.1 Å². The van der Waals surface area contributed by atoms with E-state index >= 15 is 0 Å². The van der Waals surface area contributed by atoms with Gasteiger partial charge in [-0.3, -0.25) is 14.9 Å². The summed E-state index contributed by atoms with van der Waals surface area (Å²) < 4.78 is 4.90. The quantitative estimate of drug-likeness (QED) is 0.752. The summed E-state index contributed by atoms with van der Waals surface area (Å²) in [5.41, 5.74) is 0.929. The zero-order valence-electron chi connectivity index (χ0n) is 13.8. The number of benzene rings is 1. The van der Waals surface area contributed by atoms with E-state index in [0.717, 1.165) is 12.0 Å². The third-order valence-electron chi connectivity index (χ3n) is 4.14. The molecule has 1 saturated carbocycles. The fourth-order valence-corrected chi connectivity index (χ4v) is 2.82. The van der Waals surface area contributed by atoms with Crippen molar-refractivity contribution in [1.29, 1.82) is 0 Å². The second-order valence-electron chi connectivity index (χ2n) is 6.07. The van der Waals surface area contributed by atoms with Gasteiger partial charge in [-0.15, -0.1) is 0 Å². The van der Waals surface area contributed by atoms with Gasteiger partial charge in [0, 0.05) is 13.0 Å². The summed E-state index contributed by atoms with van der Waals surface area (Å²) in [6.07, 6.45) is 5.97. The maximum absolute atomic E-state index is 11.6. The van der Waals surface area contributed by atoms with E-state index in [2.05, 4.69) is 10.6 Å². The average Bonchev–Trinajstić information content (AvgIpc) is 3.11. The van der Waals surface area contributed by atoms with Crippen LogP contribution in [-0.2, 0) is 20.9 Å². The third-order valence-corrected chi connectivity index (χ3v) is 4.14. The second kappa shape index (κ2) is 9.70. The number of urea groups is 1. The summed E-state index contributed by atoms with van der Waals surface area (Å²) in [5, 5.41) is 4.70. The van der Waals surface area contributed by atoms with Crippen molar-refractivity contribution >= 4 is 17.9 Å². The molecule has 0 saturated heterocycles. The molecule has 0 atom stereocenters. The predicted molar refractivity (Wildman–Crippen MR) is 89.0 cm³/mol. The number of carbonyl (C=O) groups is 3. The van der Waals surface area contributed by atoms with Crippen LogP contribution < -0.4 is 10.6 Å². The molecule has 0 aliphatic heterocycles. The van der Waals surface area contributed by atoms with Gasteiger partial charge in [-0.1, -0.05) is 56.0 Å². The van der Waals surface area contributed by atoms with Gasteiger partial charge in [-0.05, 0) is 17.9 Å². The zero-order valence-corrected chi connectivity index (χ0v) is 13.8. The second-order valence-corrected chi connectivity index (χ2v) is 6.07. The first-order valence-electron chi connectivity index (χ1n) is 8.40. The van der Waals surface area contributed by atoms with E-state index in [4.69, 9.17) is 4.74 Å². The maximum Gasteiger partial charge on any atom is 0.321 e. The Kier molecular flexibility index (Phi) is 7.26. The summed E-state index contributed by atoms with van der Waals surface area (Å²) in [6.45, 7) is -0.108. The monoisotopic (exact) mass is 332 g/mol. The Balaban J connectivity index is 1.56. The molecule has 2 N–H and O–H groups in total. The van der Waals surface area contributed by atoms with Crippen LogP contribution in [0.2, 0.25) is 0 Å². The Morgan fingerprint density at radius 1 is 1.08 bits per heavy atom. The van der Waals surface area contributed by atoms with Gasteiger partial charge in [0.1, 0.15) is 0 Å². The van der Waals surface area contributed by atoms with Gasteiger partial charge in [0.25, 0.3) is 5.91 Å². The van der Waals surface area contributed by atoms with Crippen molar-refractivity contribution in [3.05, 3.63) is 35.9 Å². The molecule has 0 radical (unpaired) electrons. The lowest BCUT2D eigenvalue weighted by molar-refractivity contribution is -0.148. The lowest BCUT2D eigenvalue weighted by Crippen LogP contribution is -2.41. The van der Waals surface area contributed by atoms with E-state index in [0.29, 0.717) is 18.9 Å². The van der Waals surface area contributed by atoms with Crippen LogP contribution in [0, 0.1) is 5.92 Å². The van der Waals surface area contributed by atoms with Gasteiger partial charge < -0.3 is 10.1 Å². The third kappa shape index (κ3) is 6.81. The molecule has 1 aliphatic carbocycles. The molecule has 6 heteroatoms. The molecule has 24 heavy (non-hydrogen) atoms. The summed E-state index contributed by atoms with van der Waals surface area (Å²) >= 11 is 0. The zero-order chi connectivity index (χ0) is 17.2. The molecule has 0 unspecified atom stereocenters. The minimum Gasteiger partial charge on any atom is -0.456 e. The largest absolute Gasteiger partial charge is 0.456 e. The number of ether oxygens (including phenoxy) is 1. The van der Waals surface area contributed by atoms with Crippen LogP contribution in [0.15, 0.2) is 30.3 Å². The van der Waals surface area contributed by atoms with Crippen LogP contribution in [0.1, 0.15) is 44.1 Å². The van der Waals surface area contributed by atoms with Crippen LogP contribution in [-0.4, -0.2) is 24.5 Å². The molecule has 0 heterocycles. The first kappa shape index (κ1) is 18.0. The van der Waals surface area contributed by atoms with Gasteiger partial charge in [0.05, 0.1) is 0 Å². The number of esters is 1. The Hall–Kier alpha value is -2.37. The molecule has 3 amide bonds. The lowest BCUT2D eigenvalue weighted by atomic mass is 10.0. The molecule has 0 aromatic heterocycles. The van der Waals surface area contributed by atoms with Gasteiger partial charge in [-0.2, -0.15) is 0 Å². The molecule has 1 aliphatic rings. The van der Waals surface area contributed by atoms with Crippen molar-refractivity contribution in [3.63, 3.8) is 0 Å². The highest BCUT2D eigenvalue weighted by atomic mass is 16.5. The minimum atomic E-state index is -0.630. The summed E-state index contributed by atoms with van der Waals surface area (Å²) in [5.74, 6) is -0.410. The number of carbonyl (C=O) groups excluding carboxylic acids is 3. The molecule has 130 valence electrons. The molecule has 1 aromatic carbocycles. The normalized spacial score (nSPS) is 14.2. The number of rotatable bonds is 7. The Morgan fingerprint density at radius 2 is 1.79 bits per heavy atom. The Morgan fingerprint density at radius 3 is 2.50 bits per heavy atom. The standard InChI is InChI=1S/C18H24N2O4/c21-16(13-24-17(22)11-10-14-6-4-5-7-14)20-18(23)19-12-15-8-2-1-3-9-15/h1-3,8-9,14H,4-7,10-13H2,(H2,19,20,21,23). The molecular weight excluding hydrogens is 308 g/mol. The van der Waals surface area contributed by atoms with E-state index in [-0.39, 0.29) is 5.97 Å². The molecule has 2 rings (SSSR count). The van der Waals surface area contributed by atoms with E-state index < -0.39 is 18.5 Å². The number of amides is 3. The fourth-order valence-electron chi connectivity index (χ4n) is 2.82. The Labute approximate surface area is 142 Å². The maximum atomic E-state index is 11.6. The van der Waals surface area contributed by atoms with Crippen LogP contribution in [0.25, 0.3) is 0 Å². The number of hydrogen-bond donors (Lipinski definition) is 2. The molecule has 0 spiro atoms. The van der Waals surface area contributed by atoms with Crippen LogP contribution in [0.5, 0.6) is 0 Å². The van der Waals surface area contributed by atoms with Crippen molar-refractivity contribution in [2.75, 3.05) is 6.61 Å². The summed E-state index contributed by atoms with van der Waals surface area (Å²) in [7, 11) is 0. The van der Waals surface area contributed by atoms with Crippen LogP contribution in [0.4, 0.5) is 4.79 Å². The number of nitrogens with one attached hydrogen (secondary N) is 2. The smallest absolute Gasteiger partial charge is 0.321 e. The van der Waals surface area contributed by atoms with Gasteiger partial charge >= 0.3 is 12.0 Å². The average molecular weight is 332 g/mol. The number of imide groups is 1. The summed E-state index contributed by atoms with van der Waals surface area (Å²) in [6, 6.07) is 8.75. The first-order chi connectivity index (χ1) is 11.6. The highest BCUT2D eigenvalue weighted by Gasteiger charge is 2.17. The van der Waals surface area contributed by atoms with Crippen molar-refractivity contribution in [3.8, 4) is 0 Å². The van der Waals surface area contributed by atoms with E-state index in [1.165, 1.54) is 25.7 Å². The topological polar surface area (TPSA) is 84.5 Å². The minimum absolute atomic E-state index is 0.321. The lowest BCUT2D eigenvalue weighted by Gasteiger charge is -2.09. The van der Waals surface area contributed by atoms with Crippen molar-refractivity contribution in [2.24, 2.45) is 5.92 Å². The molecule has 0 bridgehead atoms. The SMILES string of the molecule is O=C(COC(=O)CCC1CCCC1)NC(=O)NCc1ccccc1.